The number of carbonyl (C=O) groups is 1. The molecule has 2 aromatic rings. The first-order valence-electron chi connectivity index (χ1n) is 10.1. The zero-order valence-corrected chi connectivity index (χ0v) is 17.6. The molecule has 0 aliphatic carbocycles. The highest BCUT2D eigenvalue weighted by atomic mass is 32.1. The molecule has 4 rings (SSSR count). The van der Waals surface area contributed by atoms with Gasteiger partial charge in [0, 0.05) is 47.5 Å². The van der Waals surface area contributed by atoms with Crippen LogP contribution in [-0.4, -0.2) is 53.6 Å². The third-order valence-electron chi connectivity index (χ3n) is 5.79. The van der Waals surface area contributed by atoms with Crippen LogP contribution in [0.3, 0.4) is 0 Å². The molecule has 146 valence electrons. The van der Waals surface area contributed by atoms with Crippen LogP contribution in [0, 0.1) is 5.92 Å². The van der Waals surface area contributed by atoms with Crippen molar-refractivity contribution in [2.75, 3.05) is 24.5 Å². The van der Waals surface area contributed by atoms with Gasteiger partial charge in [0.2, 0.25) is 0 Å². The fraction of sp³-hybridized carbons (Fsp3) is 0.619. The number of aromatic nitrogens is 1. The number of pyridine rings is 1. The van der Waals surface area contributed by atoms with Crippen molar-refractivity contribution in [3.8, 4) is 0 Å². The number of fused-ring (bicyclic) bond motifs is 3. The Morgan fingerprint density at radius 1 is 1.26 bits per heavy atom. The molecule has 2 fully saturated rings. The van der Waals surface area contributed by atoms with Crippen molar-refractivity contribution in [1.29, 1.82) is 0 Å². The minimum atomic E-state index is -0.0380. The largest absolute Gasteiger partial charge is 0.359 e. The van der Waals surface area contributed by atoms with E-state index in [1.54, 1.807) is 11.3 Å². The first kappa shape index (κ1) is 18.7. The van der Waals surface area contributed by atoms with Crippen molar-refractivity contribution in [2.24, 2.45) is 5.92 Å². The van der Waals surface area contributed by atoms with Crippen molar-refractivity contribution in [3.63, 3.8) is 0 Å². The lowest BCUT2D eigenvalue weighted by Gasteiger charge is -2.31. The van der Waals surface area contributed by atoms with Crippen LogP contribution in [0.4, 0.5) is 5.00 Å². The van der Waals surface area contributed by atoms with Gasteiger partial charge in [-0.05, 0) is 65.1 Å². The Bertz CT molecular complexity index is 811. The number of anilines is 1. The Hall–Kier alpha value is -1.66. The summed E-state index contributed by atoms with van der Waals surface area (Å²) in [6, 6.07) is 5.28. The molecule has 1 amide bonds. The highest BCUT2D eigenvalue weighted by Crippen LogP contribution is 2.35. The van der Waals surface area contributed by atoms with Gasteiger partial charge >= 0.3 is 0 Å². The van der Waals surface area contributed by atoms with Gasteiger partial charge in [-0.25, -0.2) is 0 Å². The van der Waals surface area contributed by atoms with Crippen LogP contribution in [0.1, 0.15) is 51.0 Å². The van der Waals surface area contributed by atoms with E-state index in [0.29, 0.717) is 17.8 Å². The summed E-state index contributed by atoms with van der Waals surface area (Å²) in [4.78, 5) is 22.1. The second-order valence-corrected chi connectivity index (χ2v) is 9.67. The zero-order valence-electron chi connectivity index (χ0n) is 16.7. The quantitative estimate of drug-likeness (QED) is 0.850. The summed E-state index contributed by atoms with van der Waals surface area (Å²) in [5.41, 5.74) is 0.532. The molecular formula is C21H30N4OS. The molecule has 2 aromatic heterocycles. The van der Waals surface area contributed by atoms with Gasteiger partial charge in [0.15, 0.2) is 0 Å². The second-order valence-electron chi connectivity index (χ2n) is 8.61. The molecule has 2 saturated heterocycles. The van der Waals surface area contributed by atoms with E-state index < -0.39 is 0 Å². The van der Waals surface area contributed by atoms with Crippen molar-refractivity contribution < 1.29 is 4.79 Å². The Labute approximate surface area is 165 Å². The first-order valence-corrected chi connectivity index (χ1v) is 10.9. The maximum absolute atomic E-state index is 12.7. The molecule has 5 nitrogen and oxygen atoms in total. The van der Waals surface area contributed by atoms with Crippen LogP contribution in [-0.2, 0) is 0 Å². The second kappa shape index (κ2) is 7.40. The molecule has 0 saturated carbocycles. The number of carbonyl (C=O) groups excluding carboxylic acids is 1. The Balaban J connectivity index is 1.51. The van der Waals surface area contributed by atoms with E-state index >= 15 is 0 Å². The van der Waals surface area contributed by atoms with Crippen LogP contribution in [0.25, 0.3) is 10.1 Å². The lowest BCUT2D eigenvalue weighted by atomic mass is 9.97. The predicted octanol–water partition coefficient (Wildman–Crippen LogP) is 3.74. The van der Waals surface area contributed by atoms with Gasteiger partial charge in [-0.2, -0.15) is 0 Å². The summed E-state index contributed by atoms with van der Waals surface area (Å²) in [5.74, 6) is 0.710. The Morgan fingerprint density at radius 2 is 2.04 bits per heavy atom. The molecule has 4 heterocycles. The number of nitrogens with one attached hydrogen (secondary N) is 1. The van der Waals surface area contributed by atoms with Crippen LogP contribution >= 0.6 is 11.3 Å². The SMILES string of the molecule is CC(C)N(c1cc2cnc(C(=O)NC3CC4CCN(C4)C3)cc2s1)C(C)C. The van der Waals surface area contributed by atoms with Crippen LogP contribution in [0.15, 0.2) is 18.3 Å². The highest BCUT2D eigenvalue weighted by molar-refractivity contribution is 7.22. The van der Waals surface area contributed by atoms with Crippen molar-refractivity contribution in [2.45, 2.75) is 58.7 Å². The van der Waals surface area contributed by atoms with Gasteiger partial charge in [-0.15, -0.1) is 11.3 Å². The van der Waals surface area contributed by atoms with Crippen LogP contribution in [0.5, 0.6) is 0 Å². The van der Waals surface area contributed by atoms with E-state index in [1.807, 2.05) is 12.3 Å². The van der Waals surface area contributed by atoms with Crippen molar-refractivity contribution >= 4 is 32.3 Å². The number of hydrogen-bond acceptors (Lipinski definition) is 5. The number of thiophene rings is 1. The minimum Gasteiger partial charge on any atom is -0.359 e. The average molecular weight is 387 g/mol. The lowest BCUT2D eigenvalue weighted by Crippen LogP contribution is -2.47. The minimum absolute atomic E-state index is 0.0380. The molecule has 3 unspecified atom stereocenters. The highest BCUT2D eigenvalue weighted by Gasteiger charge is 2.33. The molecule has 0 radical (unpaired) electrons. The van der Waals surface area contributed by atoms with E-state index in [0.717, 1.165) is 29.0 Å². The number of nitrogens with zero attached hydrogens (tertiary/aromatic N) is 3. The third-order valence-corrected chi connectivity index (χ3v) is 6.90. The zero-order chi connectivity index (χ0) is 19.1. The average Bonchev–Trinajstić information content (AvgIpc) is 3.15. The summed E-state index contributed by atoms with van der Waals surface area (Å²) < 4.78 is 1.13. The van der Waals surface area contributed by atoms with Crippen LogP contribution < -0.4 is 10.2 Å². The van der Waals surface area contributed by atoms with Crippen molar-refractivity contribution in [1.82, 2.24) is 15.2 Å². The molecule has 3 atom stereocenters. The Morgan fingerprint density at radius 3 is 2.74 bits per heavy atom. The number of hydrogen-bond donors (Lipinski definition) is 1. The fourth-order valence-corrected chi connectivity index (χ4v) is 6.04. The van der Waals surface area contributed by atoms with Gasteiger partial charge in [0.25, 0.3) is 5.91 Å². The smallest absolute Gasteiger partial charge is 0.270 e. The number of rotatable bonds is 5. The van der Waals surface area contributed by atoms with Gasteiger partial charge in [0.1, 0.15) is 5.69 Å². The van der Waals surface area contributed by atoms with Crippen LogP contribution in [0.2, 0.25) is 0 Å². The first-order chi connectivity index (χ1) is 12.9. The molecule has 6 heteroatoms. The van der Waals surface area contributed by atoms with Gasteiger partial charge in [-0.1, -0.05) is 0 Å². The number of amides is 1. The predicted molar refractivity (Wildman–Crippen MR) is 113 cm³/mol. The monoisotopic (exact) mass is 386 g/mol. The molecule has 27 heavy (non-hydrogen) atoms. The molecule has 0 spiro atoms. The van der Waals surface area contributed by atoms with E-state index in [1.165, 1.54) is 24.5 Å². The summed E-state index contributed by atoms with van der Waals surface area (Å²) in [6.45, 7) is 12.2. The molecular weight excluding hydrogens is 356 g/mol. The summed E-state index contributed by atoms with van der Waals surface area (Å²) in [6.07, 6.45) is 4.22. The normalized spacial score (nSPS) is 24.7. The van der Waals surface area contributed by atoms with E-state index in [2.05, 4.69) is 53.9 Å². The third kappa shape index (κ3) is 3.83. The summed E-state index contributed by atoms with van der Waals surface area (Å²) in [5, 5.41) is 5.57. The number of piperidine rings is 1. The molecule has 2 bridgehead atoms. The molecule has 1 N–H and O–H groups in total. The van der Waals surface area contributed by atoms with E-state index in [4.69, 9.17) is 0 Å². The summed E-state index contributed by atoms with van der Waals surface area (Å²) in [7, 11) is 0. The molecule has 2 aliphatic rings. The van der Waals surface area contributed by atoms with E-state index in [9.17, 15) is 4.79 Å². The topological polar surface area (TPSA) is 48.5 Å². The fourth-order valence-electron chi connectivity index (χ4n) is 4.70. The van der Waals surface area contributed by atoms with Crippen molar-refractivity contribution in [3.05, 3.63) is 24.0 Å². The maximum Gasteiger partial charge on any atom is 0.270 e. The lowest BCUT2D eigenvalue weighted by molar-refractivity contribution is 0.0904. The molecule has 0 aromatic carbocycles. The summed E-state index contributed by atoms with van der Waals surface area (Å²) >= 11 is 1.75. The maximum atomic E-state index is 12.7. The standard InChI is InChI=1S/C21H30N4OS/c1-13(2)25(14(3)4)20-8-16-10-22-18(9-19(16)27-20)21(26)23-17-7-15-5-6-24(11-15)12-17/h8-10,13-15,17H,5-7,11-12H2,1-4H3,(H,23,26). The van der Waals surface area contributed by atoms with E-state index in [-0.39, 0.29) is 11.9 Å². The Kier molecular flexibility index (Phi) is 5.12. The van der Waals surface area contributed by atoms with Gasteiger partial charge < -0.3 is 15.1 Å². The molecule has 2 aliphatic heterocycles. The van der Waals surface area contributed by atoms with Gasteiger partial charge in [0.05, 0.1) is 5.00 Å². The van der Waals surface area contributed by atoms with Gasteiger partial charge in [-0.3, -0.25) is 9.78 Å².